The Kier molecular flexibility index (Phi) is 7.95. The number of nitrogens with one attached hydrogen (secondary N) is 1. The van der Waals surface area contributed by atoms with Gasteiger partial charge in [0.2, 0.25) is 6.10 Å². The second-order valence-electron chi connectivity index (χ2n) is 8.52. The van der Waals surface area contributed by atoms with Gasteiger partial charge in [-0.2, -0.15) is 0 Å². The van der Waals surface area contributed by atoms with E-state index < -0.39 is 29.7 Å². The SMILES string of the molecule is COc1ccc(NC(=O)C(OC(=O)C2CCN(C(=O)c3ccc(F)cc3)CC2)c2ccccc2)cc1. The monoisotopic (exact) mass is 490 g/mol. The van der Waals surface area contributed by atoms with Crippen LogP contribution in [0.4, 0.5) is 10.1 Å². The lowest BCUT2D eigenvalue weighted by Gasteiger charge is -2.31. The van der Waals surface area contributed by atoms with Crippen molar-refractivity contribution in [2.45, 2.75) is 18.9 Å². The molecule has 0 radical (unpaired) electrons. The molecule has 1 aliphatic rings. The largest absolute Gasteiger partial charge is 0.497 e. The maximum atomic E-state index is 13.2. The van der Waals surface area contributed by atoms with E-state index in [0.717, 1.165) is 0 Å². The van der Waals surface area contributed by atoms with Crippen LogP contribution in [0.3, 0.4) is 0 Å². The molecule has 3 aromatic rings. The summed E-state index contributed by atoms with van der Waals surface area (Å²) >= 11 is 0. The molecule has 0 aliphatic carbocycles. The van der Waals surface area contributed by atoms with E-state index in [-0.39, 0.29) is 5.91 Å². The first-order valence-electron chi connectivity index (χ1n) is 11.7. The smallest absolute Gasteiger partial charge is 0.310 e. The molecule has 36 heavy (non-hydrogen) atoms. The van der Waals surface area contributed by atoms with Crippen molar-refractivity contribution in [2.75, 3.05) is 25.5 Å². The predicted molar refractivity (Wildman–Crippen MR) is 132 cm³/mol. The predicted octanol–water partition coefficient (Wildman–Crippen LogP) is 4.61. The highest BCUT2D eigenvalue weighted by Gasteiger charge is 2.33. The van der Waals surface area contributed by atoms with Crippen LogP contribution in [0.15, 0.2) is 78.9 Å². The van der Waals surface area contributed by atoms with Gasteiger partial charge in [0.05, 0.1) is 13.0 Å². The molecule has 1 heterocycles. The summed E-state index contributed by atoms with van der Waals surface area (Å²) < 4.78 is 24.0. The van der Waals surface area contributed by atoms with E-state index in [0.29, 0.717) is 48.5 Å². The lowest BCUT2D eigenvalue weighted by molar-refractivity contribution is -0.160. The second-order valence-corrected chi connectivity index (χ2v) is 8.52. The number of halogens is 1. The van der Waals surface area contributed by atoms with Gasteiger partial charge < -0.3 is 19.7 Å². The Bertz CT molecular complexity index is 1190. The molecule has 1 saturated heterocycles. The topological polar surface area (TPSA) is 84.9 Å². The van der Waals surface area contributed by atoms with E-state index in [9.17, 15) is 18.8 Å². The molecule has 8 heteroatoms. The van der Waals surface area contributed by atoms with Gasteiger partial charge in [0.25, 0.3) is 11.8 Å². The number of amides is 2. The molecule has 0 spiro atoms. The number of rotatable bonds is 7. The number of hydrogen-bond donors (Lipinski definition) is 1. The van der Waals surface area contributed by atoms with E-state index in [1.54, 1.807) is 60.5 Å². The zero-order valence-electron chi connectivity index (χ0n) is 19.9. The molecule has 0 bridgehead atoms. The number of carbonyl (C=O) groups is 3. The van der Waals surface area contributed by atoms with Crippen LogP contribution in [0.25, 0.3) is 0 Å². The number of hydrogen-bond acceptors (Lipinski definition) is 5. The lowest BCUT2D eigenvalue weighted by atomic mass is 9.96. The van der Waals surface area contributed by atoms with Crippen molar-refractivity contribution in [2.24, 2.45) is 5.92 Å². The third-order valence-electron chi connectivity index (χ3n) is 6.14. The van der Waals surface area contributed by atoms with Gasteiger partial charge in [-0.3, -0.25) is 14.4 Å². The molecule has 1 unspecified atom stereocenters. The zero-order chi connectivity index (χ0) is 25.5. The van der Waals surface area contributed by atoms with Crippen molar-refractivity contribution in [1.82, 2.24) is 4.90 Å². The molecular formula is C28H27FN2O5. The Morgan fingerprint density at radius 1 is 0.917 bits per heavy atom. The van der Waals surface area contributed by atoms with Crippen LogP contribution in [0.2, 0.25) is 0 Å². The normalized spacial score (nSPS) is 14.6. The molecule has 2 amide bonds. The van der Waals surface area contributed by atoms with Gasteiger partial charge in [0.15, 0.2) is 0 Å². The van der Waals surface area contributed by atoms with Gasteiger partial charge in [-0.15, -0.1) is 0 Å². The van der Waals surface area contributed by atoms with Crippen LogP contribution in [0.1, 0.15) is 34.9 Å². The summed E-state index contributed by atoms with van der Waals surface area (Å²) in [5.74, 6) is -1.35. The van der Waals surface area contributed by atoms with Crippen molar-refractivity contribution >= 4 is 23.5 Å². The van der Waals surface area contributed by atoms with Crippen molar-refractivity contribution in [3.63, 3.8) is 0 Å². The van der Waals surface area contributed by atoms with E-state index in [2.05, 4.69) is 5.32 Å². The Balaban J connectivity index is 1.39. The molecule has 0 saturated carbocycles. The van der Waals surface area contributed by atoms with Gasteiger partial charge in [-0.05, 0) is 61.4 Å². The van der Waals surface area contributed by atoms with Gasteiger partial charge in [0, 0.05) is 29.9 Å². The van der Waals surface area contributed by atoms with Crippen molar-refractivity contribution < 1.29 is 28.2 Å². The number of anilines is 1. The van der Waals surface area contributed by atoms with Crippen LogP contribution in [0, 0.1) is 11.7 Å². The van der Waals surface area contributed by atoms with E-state index >= 15 is 0 Å². The van der Waals surface area contributed by atoms with Crippen molar-refractivity contribution in [3.05, 3.63) is 95.8 Å². The summed E-state index contributed by atoms with van der Waals surface area (Å²) in [5, 5.41) is 2.79. The van der Waals surface area contributed by atoms with Crippen molar-refractivity contribution in [1.29, 1.82) is 0 Å². The number of esters is 1. The van der Waals surface area contributed by atoms with E-state index in [1.807, 2.05) is 6.07 Å². The summed E-state index contributed by atoms with van der Waals surface area (Å²) in [6, 6.07) is 21.1. The van der Waals surface area contributed by atoms with Gasteiger partial charge in [-0.1, -0.05) is 30.3 Å². The highest BCUT2D eigenvalue weighted by Crippen LogP contribution is 2.26. The number of piperidine rings is 1. The number of nitrogens with zero attached hydrogens (tertiary/aromatic N) is 1. The molecule has 7 nitrogen and oxygen atoms in total. The minimum atomic E-state index is -1.13. The maximum absolute atomic E-state index is 13.2. The second kappa shape index (κ2) is 11.5. The number of benzene rings is 3. The number of ether oxygens (including phenoxy) is 2. The third-order valence-corrected chi connectivity index (χ3v) is 6.14. The summed E-state index contributed by atoms with van der Waals surface area (Å²) in [6.07, 6.45) is -0.305. The summed E-state index contributed by atoms with van der Waals surface area (Å²) in [4.78, 5) is 40.5. The van der Waals surface area contributed by atoms with Crippen LogP contribution in [-0.2, 0) is 14.3 Å². The Morgan fingerprint density at radius 3 is 2.17 bits per heavy atom. The molecule has 4 rings (SSSR count). The Hall–Kier alpha value is -4.20. The van der Waals surface area contributed by atoms with Crippen LogP contribution < -0.4 is 10.1 Å². The maximum Gasteiger partial charge on any atom is 0.310 e. The molecular weight excluding hydrogens is 463 g/mol. The van der Waals surface area contributed by atoms with Crippen molar-refractivity contribution in [3.8, 4) is 5.75 Å². The third kappa shape index (κ3) is 6.07. The summed E-state index contributed by atoms with van der Waals surface area (Å²) in [7, 11) is 1.56. The van der Waals surface area contributed by atoms with Gasteiger partial charge in [-0.25, -0.2) is 4.39 Å². The average molecular weight is 491 g/mol. The fourth-order valence-corrected chi connectivity index (χ4v) is 4.09. The molecule has 1 fully saturated rings. The van der Waals surface area contributed by atoms with Crippen LogP contribution >= 0.6 is 0 Å². The standard InChI is InChI=1S/C28H27FN2O5/c1-35-24-13-11-23(12-14-24)30-26(32)25(19-5-3-2-4-6-19)36-28(34)21-15-17-31(18-16-21)27(33)20-7-9-22(29)10-8-20/h2-14,21,25H,15-18H2,1H3,(H,30,32). The quantitative estimate of drug-likeness (QED) is 0.489. The molecule has 1 aliphatic heterocycles. The molecule has 0 aromatic heterocycles. The van der Waals surface area contributed by atoms with Crippen LogP contribution in [-0.4, -0.2) is 42.9 Å². The Morgan fingerprint density at radius 2 is 1.56 bits per heavy atom. The fraction of sp³-hybridized carbons (Fsp3) is 0.250. The van der Waals surface area contributed by atoms with E-state index in [4.69, 9.17) is 9.47 Å². The molecule has 1 atom stereocenters. The Labute approximate surface area is 208 Å². The summed E-state index contributed by atoms with van der Waals surface area (Å²) in [5.41, 5.74) is 1.50. The molecule has 3 aromatic carbocycles. The number of carbonyl (C=O) groups excluding carboxylic acids is 3. The minimum absolute atomic E-state index is 0.206. The first-order chi connectivity index (χ1) is 17.4. The fourth-order valence-electron chi connectivity index (χ4n) is 4.09. The highest BCUT2D eigenvalue weighted by atomic mass is 19.1. The molecule has 1 N–H and O–H groups in total. The number of methoxy groups -OCH3 is 1. The average Bonchev–Trinajstić information content (AvgIpc) is 2.92. The first-order valence-corrected chi connectivity index (χ1v) is 11.7. The lowest BCUT2D eigenvalue weighted by Crippen LogP contribution is -2.41. The number of likely N-dealkylation sites (tertiary alicyclic amines) is 1. The molecule has 186 valence electrons. The minimum Gasteiger partial charge on any atom is -0.497 e. The van der Waals surface area contributed by atoms with Gasteiger partial charge in [0.1, 0.15) is 11.6 Å². The van der Waals surface area contributed by atoms with E-state index in [1.165, 1.54) is 24.3 Å². The van der Waals surface area contributed by atoms with Crippen LogP contribution in [0.5, 0.6) is 5.75 Å². The zero-order valence-corrected chi connectivity index (χ0v) is 19.9. The summed E-state index contributed by atoms with van der Waals surface area (Å²) in [6.45, 7) is 0.730. The first kappa shape index (κ1) is 24.9. The van der Waals surface area contributed by atoms with Gasteiger partial charge >= 0.3 is 5.97 Å². The highest BCUT2D eigenvalue weighted by molar-refractivity contribution is 5.96.